The van der Waals surface area contributed by atoms with E-state index in [0.717, 1.165) is 29.8 Å². The summed E-state index contributed by atoms with van der Waals surface area (Å²) in [6.07, 6.45) is 9.99. The van der Waals surface area contributed by atoms with E-state index in [-0.39, 0.29) is 0 Å². The van der Waals surface area contributed by atoms with Gasteiger partial charge in [0.15, 0.2) is 0 Å². The maximum absolute atomic E-state index is 10.3. The summed E-state index contributed by atoms with van der Waals surface area (Å²) in [6, 6.07) is 5.87. The summed E-state index contributed by atoms with van der Waals surface area (Å²) in [7, 11) is 0. The van der Waals surface area contributed by atoms with Crippen molar-refractivity contribution in [1.82, 2.24) is 9.38 Å². The molecule has 2 aromatic heterocycles. The zero-order valence-electron chi connectivity index (χ0n) is 9.71. The van der Waals surface area contributed by atoms with Crippen molar-refractivity contribution in [3.8, 4) is 0 Å². The molecule has 3 heteroatoms. The number of imidazole rings is 1. The van der Waals surface area contributed by atoms with Gasteiger partial charge in [-0.1, -0.05) is 12.1 Å². The molecule has 3 nitrogen and oxygen atoms in total. The number of fused-ring (bicyclic) bond motifs is 1. The van der Waals surface area contributed by atoms with Gasteiger partial charge in [-0.15, -0.1) is 0 Å². The van der Waals surface area contributed by atoms with E-state index >= 15 is 0 Å². The molecule has 17 heavy (non-hydrogen) atoms. The molecule has 0 bridgehead atoms. The molecule has 0 aliphatic heterocycles. The summed E-state index contributed by atoms with van der Waals surface area (Å²) in [4.78, 5) is 4.46. The fourth-order valence-electron chi connectivity index (χ4n) is 2.39. The van der Waals surface area contributed by atoms with E-state index in [2.05, 4.69) is 11.1 Å². The van der Waals surface area contributed by atoms with Gasteiger partial charge in [0.25, 0.3) is 0 Å². The molecule has 1 atom stereocenters. The Balaban J connectivity index is 1.94. The van der Waals surface area contributed by atoms with Crippen LogP contribution in [0.15, 0.2) is 42.2 Å². The number of nitrogens with zero attached hydrogens (tertiary/aromatic N) is 2. The van der Waals surface area contributed by atoms with Gasteiger partial charge in [0.2, 0.25) is 0 Å². The van der Waals surface area contributed by atoms with Crippen molar-refractivity contribution in [2.45, 2.75) is 31.8 Å². The third-order valence-corrected chi connectivity index (χ3v) is 3.34. The quantitative estimate of drug-likeness (QED) is 0.802. The van der Waals surface area contributed by atoms with Crippen molar-refractivity contribution < 1.29 is 5.11 Å². The molecular weight excluding hydrogens is 212 g/mol. The molecule has 3 rings (SSSR count). The average molecular weight is 228 g/mol. The monoisotopic (exact) mass is 228 g/mol. The summed E-state index contributed by atoms with van der Waals surface area (Å²) in [5, 5.41) is 10.3. The van der Waals surface area contributed by atoms with Crippen LogP contribution in [0.25, 0.3) is 5.65 Å². The highest BCUT2D eigenvalue weighted by Crippen LogP contribution is 2.29. The highest BCUT2D eigenvalue weighted by molar-refractivity contribution is 5.40. The van der Waals surface area contributed by atoms with Crippen molar-refractivity contribution in [3.63, 3.8) is 0 Å². The van der Waals surface area contributed by atoms with Crippen molar-refractivity contribution in [3.05, 3.63) is 47.9 Å². The van der Waals surface area contributed by atoms with Gasteiger partial charge >= 0.3 is 0 Å². The van der Waals surface area contributed by atoms with Crippen molar-refractivity contribution in [1.29, 1.82) is 0 Å². The van der Waals surface area contributed by atoms with E-state index in [1.165, 1.54) is 12.8 Å². The van der Waals surface area contributed by atoms with E-state index in [0.29, 0.717) is 0 Å². The van der Waals surface area contributed by atoms with Crippen LogP contribution in [0.5, 0.6) is 0 Å². The van der Waals surface area contributed by atoms with Gasteiger partial charge in [-0.3, -0.25) is 0 Å². The SMILES string of the molecule is OC(C1=CCCCC1)c1cn2ccccc2n1. The molecule has 0 saturated carbocycles. The first-order valence-corrected chi connectivity index (χ1v) is 6.15. The van der Waals surface area contributed by atoms with E-state index in [9.17, 15) is 5.11 Å². The normalized spacial score (nSPS) is 18.1. The summed E-state index contributed by atoms with van der Waals surface area (Å²) in [5.41, 5.74) is 2.77. The lowest BCUT2D eigenvalue weighted by atomic mass is 9.94. The third kappa shape index (κ3) is 1.98. The number of hydrogen-bond acceptors (Lipinski definition) is 2. The first-order chi connectivity index (χ1) is 8.34. The number of allylic oxidation sites excluding steroid dienone is 1. The zero-order valence-corrected chi connectivity index (χ0v) is 9.71. The topological polar surface area (TPSA) is 37.5 Å². The highest BCUT2D eigenvalue weighted by atomic mass is 16.3. The van der Waals surface area contributed by atoms with Gasteiger partial charge in [0.1, 0.15) is 11.8 Å². The highest BCUT2D eigenvalue weighted by Gasteiger charge is 2.17. The molecule has 88 valence electrons. The molecule has 1 unspecified atom stereocenters. The minimum atomic E-state index is -0.532. The summed E-state index contributed by atoms with van der Waals surface area (Å²) in [6.45, 7) is 0. The van der Waals surface area contributed by atoms with Gasteiger partial charge in [0, 0.05) is 12.4 Å². The lowest BCUT2D eigenvalue weighted by molar-refractivity contribution is 0.204. The van der Waals surface area contributed by atoms with Crippen LogP contribution in [0.3, 0.4) is 0 Å². The summed E-state index contributed by atoms with van der Waals surface area (Å²) >= 11 is 0. The van der Waals surface area contributed by atoms with Crippen LogP contribution in [-0.2, 0) is 0 Å². The van der Waals surface area contributed by atoms with E-state index in [1.54, 1.807) is 0 Å². The van der Waals surface area contributed by atoms with E-state index < -0.39 is 6.10 Å². The summed E-state index contributed by atoms with van der Waals surface area (Å²) in [5.74, 6) is 0. The summed E-state index contributed by atoms with van der Waals surface area (Å²) < 4.78 is 1.95. The molecule has 0 spiro atoms. The fourth-order valence-corrected chi connectivity index (χ4v) is 2.39. The maximum atomic E-state index is 10.3. The second-order valence-electron chi connectivity index (χ2n) is 4.56. The first-order valence-electron chi connectivity index (χ1n) is 6.15. The van der Waals surface area contributed by atoms with Crippen LogP contribution >= 0.6 is 0 Å². The standard InChI is InChI=1S/C14H16N2O/c17-14(11-6-2-1-3-7-11)12-10-16-9-5-4-8-13(16)15-12/h4-6,8-10,14,17H,1-3,7H2. The van der Waals surface area contributed by atoms with Crippen LogP contribution in [0.2, 0.25) is 0 Å². The first kappa shape index (κ1) is 10.5. The fraction of sp³-hybridized carbons (Fsp3) is 0.357. The van der Waals surface area contributed by atoms with Gasteiger partial charge in [0.05, 0.1) is 5.69 Å². The van der Waals surface area contributed by atoms with Gasteiger partial charge in [-0.2, -0.15) is 0 Å². The largest absolute Gasteiger partial charge is 0.382 e. The molecule has 0 fully saturated rings. The molecule has 0 radical (unpaired) electrons. The Morgan fingerprint density at radius 1 is 1.29 bits per heavy atom. The average Bonchev–Trinajstić information content (AvgIpc) is 2.82. The third-order valence-electron chi connectivity index (χ3n) is 3.34. The second-order valence-corrected chi connectivity index (χ2v) is 4.56. The Labute approximate surface area is 100 Å². The number of rotatable bonds is 2. The number of aliphatic hydroxyl groups is 1. The Kier molecular flexibility index (Phi) is 2.69. The van der Waals surface area contributed by atoms with Gasteiger partial charge in [-0.05, 0) is 43.4 Å². The number of hydrogen-bond donors (Lipinski definition) is 1. The molecule has 1 N–H and O–H groups in total. The second kappa shape index (κ2) is 4.34. The Hall–Kier alpha value is -1.61. The van der Waals surface area contributed by atoms with Crippen LogP contribution in [-0.4, -0.2) is 14.5 Å². The maximum Gasteiger partial charge on any atom is 0.137 e. The van der Waals surface area contributed by atoms with Crippen molar-refractivity contribution in [2.75, 3.05) is 0 Å². The Morgan fingerprint density at radius 2 is 2.24 bits per heavy atom. The molecule has 1 aliphatic rings. The predicted octanol–water partition coefficient (Wildman–Crippen LogP) is 2.87. The molecule has 0 amide bonds. The van der Waals surface area contributed by atoms with Crippen molar-refractivity contribution in [2.24, 2.45) is 0 Å². The van der Waals surface area contributed by atoms with Crippen LogP contribution in [0.4, 0.5) is 0 Å². The molecular formula is C14H16N2O. The molecule has 2 heterocycles. The zero-order chi connectivity index (χ0) is 11.7. The van der Waals surface area contributed by atoms with Crippen LogP contribution in [0.1, 0.15) is 37.5 Å². The van der Waals surface area contributed by atoms with Gasteiger partial charge < -0.3 is 9.51 Å². The molecule has 2 aromatic rings. The lowest BCUT2D eigenvalue weighted by Crippen LogP contribution is -2.05. The Morgan fingerprint density at radius 3 is 3.00 bits per heavy atom. The molecule has 0 aromatic carbocycles. The molecule has 0 saturated heterocycles. The number of aliphatic hydroxyl groups excluding tert-OH is 1. The lowest BCUT2D eigenvalue weighted by Gasteiger charge is -2.16. The van der Waals surface area contributed by atoms with Crippen LogP contribution < -0.4 is 0 Å². The predicted molar refractivity (Wildman–Crippen MR) is 66.7 cm³/mol. The smallest absolute Gasteiger partial charge is 0.137 e. The van der Waals surface area contributed by atoms with Crippen LogP contribution in [0, 0.1) is 0 Å². The van der Waals surface area contributed by atoms with E-state index in [1.807, 2.05) is 35.0 Å². The molecule has 1 aliphatic carbocycles. The number of aromatic nitrogens is 2. The minimum absolute atomic E-state index is 0.532. The van der Waals surface area contributed by atoms with E-state index in [4.69, 9.17) is 0 Å². The van der Waals surface area contributed by atoms with Gasteiger partial charge in [-0.25, -0.2) is 4.98 Å². The minimum Gasteiger partial charge on any atom is -0.382 e. The Bertz CT molecular complexity index is 523. The number of pyridine rings is 1. The van der Waals surface area contributed by atoms with Crippen molar-refractivity contribution >= 4 is 5.65 Å².